The lowest BCUT2D eigenvalue weighted by atomic mass is 9.96. The Labute approximate surface area is 122 Å². The van der Waals surface area contributed by atoms with Gasteiger partial charge in [-0.3, -0.25) is 9.59 Å². The molecule has 2 heterocycles. The van der Waals surface area contributed by atoms with Gasteiger partial charge in [0.05, 0.1) is 5.69 Å². The molecule has 0 bridgehead atoms. The summed E-state index contributed by atoms with van der Waals surface area (Å²) in [7, 11) is 0. The van der Waals surface area contributed by atoms with E-state index in [0.717, 1.165) is 11.1 Å². The number of nitrogens with two attached hydrogens (primary N) is 1. The summed E-state index contributed by atoms with van der Waals surface area (Å²) in [6.45, 7) is 0.688. The molecule has 5 heteroatoms. The highest BCUT2D eigenvalue weighted by Crippen LogP contribution is 2.25. The Balaban J connectivity index is 1.85. The third kappa shape index (κ3) is 2.76. The number of hydrogen-bond donors (Lipinski definition) is 2. The lowest BCUT2D eigenvalue weighted by Crippen LogP contribution is -2.13. The first-order valence-corrected chi connectivity index (χ1v) is 6.77. The SMILES string of the molecule is NC(=O)c1cccc(-c2ccc(C3CNC(=O)C3)cc2)n1. The minimum Gasteiger partial charge on any atom is -0.364 e. The molecule has 1 aliphatic rings. The van der Waals surface area contributed by atoms with Crippen LogP contribution in [0.4, 0.5) is 0 Å². The predicted molar refractivity (Wildman–Crippen MR) is 78.6 cm³/mol. The highest BCUT2D eigenvalue weighted by atomic mass is 16.2. The van der Waals surface area contributed by atoms with E-state index in [9.17, 15) is 9.59 Å². The smallest absolute Gasteiger partial charge is 0.267 e. The van der Waals surface area contributed by atoms with Gasteiger partial charge in [0.1, 0.15) is 5.69 Å². The Hall–Kier alpha value is -2.69. The van der Waals surface area contributed by atoms with Crippen LogP contribution in [0.5, 0.6) is 0 Å². The number of benzene rings is 1. The highest BCUT2D eigenvalue weighted by molar-refractivity contribution is 5.91. The quantitative estimate of drug-likeness (QED) is 0.893. The van der Waals surface area contributed by atoms with Gasteiger partial charge in [-0.15, -0.1) is 0 Å². The summed E-state index contributed by atoms with van der Waals surface area (Å²) in [6.07, 6.45) is 0.536. The molecule has 0 aliphatic carbocycles. The van der Waals surface area contributed by atoms with E-state index in [4.69, 9.17) is 5.73 Å². The lowest BCUT2D eigenvalue weighted by Gasteiger charge is -2.09. The van der Waals surface area contributed by atoms with Crippen molar-refractivity contribution in [3.8, 4) is 11.3 Å². The van der Waals surface area contributed by atoms with E-state index >= 15 is 0 Å². The minimum absolute atomic E-state index is 0.0971. The monoisotopic (exact) mass is 281 g/mol. The van der Waals surface area contributed by atoms with Crippen LogP contribution in [0.25, 0.3) is 11.3 Å². The lowest BCUT2D eigenvalue weighted by molar-refractivity contribution is -0.119. The van der Waals surface area contributed by atoms with E-state index in [2.05, 4.69) is 10.3 Å². The van der Waals surface area contributed by atoms with Crippen LogP contribution in [-0.2, 0) is 4.79 Å². The number of aromatic nitrogens is 1. The van der Waals surface area contributed by atoms with Crippen LogP contribution < -0.4 is 11.1 Å². The van der Waals surface area contributed by atoms with Gasteiger partial charge in [-0.1, -0.05) is 30.3 Å². The summed E-state index contributed by atoms with van der Waals surface area (Å²) in [4.78, 5) is 26.7. The van der Waals surface area contributed by atoms with Gasteiger partial charge in [0, 0.05) is 24.4 Å². The van der Waals surface area contributed by atoms with Crippen LogP contribution in [-0.4, -0.2) is 23.3 Å². The number of hydrogen-bond acceptors (Lipinski definition) is 3. The molecule has 1 aliphatic heterocycles. The molecule has 2 aromatic rings. The number of pyridine rings is 1. The molecule has 0 spiro atoms. The van der Waals surface area contributed by atoms with Crippen molar-refractivity contribution < 1.29 is 9.59 Å². The fourth-order valence-electron chi connectivity index (χ4n) is 2.50. The summed E-state index contributed by atoms with van der Waals surface area (Å²) in [5.74, 6) is -0.208. The molecule has 5 nitrogen and oxygen atoms in total. The number of carbonyl (C=O) groups excluding carboxylic acids is 2. The van der Waals surface area contributed by atoms with E-state index in [0.29, 0.717) is 18.7 Å². The molecular weight excluding hydrogens is 266 g/mol. The summed E-state index contributed by atoms with van der Waals surface area (Å²) in [6, 6.07) is 13.1. The van der Waals surface area contributed by atoms with Crippen molar-refractivity contribution in [2.45, 2.75) is 12.3 Å². The molecule has 0 saturated carbocycles. The molecule has 1 fully saturated rings. The maximum Gasteiger partial charge on any atom is 0.267 e. The van der Waals surface area contributed by atoms with Crippen molar-refractivity contribution >= 4 is 11.8 Å². The van der Waals surface area contributed by atoms with E-state index in [1.165, 1.54) is 0 Å². The van der Waals surface area contributed by atoms with Gasteiger partial charge in [0.2, 0.25) is 5.91 Å². The average Bonchev–Trinajstić information content (AvgIpc) is 2.94. The fraction of sp³-hybridized carbons (Fsp3) is 0.188. The zero-order valence-electron chi connectivity index (χ0n) is 11.4. The number of carbonyl (C=O) groups is 2. The Morgan fingerprint density at radius 2 is 1.95 bits per heavy atom. The first-order chi connectivity index (χ1) is 10.1. The average molecular weight is 281 g/mol. The molecule has 1 aromatic carbocycles. The van der Waals surface area contributed by atoms with Crippen LogP contribution in [0, 0.1) is 0 Å². The molecule has 106 valence electrons. The Kier molecular flexibility index (Phi) is 3.39. The second-order valence-corrected chi connectivity index (χ2v) is 5.10. The normalized spacial score (nSPS) is 17.5. The maximum atomic E-state index is 11.3. The Bertz CT molecular complexity index is 695. The van der Waals surface area contributed by atoms with Gasteiger partial charge in [0.25, 0.3) is 5.91 Å². The van der Waals surface area contributed by atoms with Gasteiger partial charge in [-0.05, 0) is 17.7 Å². The Morgan fingerprint density at radius 3 is 2.57 bits per heavy atom. The van der Waals surface area contributed by atoms with Crippen molar-refractivity contribution in [1.82, 2.24) is 10.3 Å². The van der Waals surface area contributed by atoms with Crippen LogP contribution in [0.1, 0.15) is 28.4 Å². The summed E-state index contributed by atoms with van der Waals surface area (Å²) in [5, 5.41) is 2.83. The van der Waals surface area contributed by atoms with Crippen molar-refractivity contribution in [1.29, 1.82) is 0 Å². The Morgan fingerprint density at radius 1 is 1.19 bits per heavy atom. The molecule has 3 N–H and O–H groups in total. The van der Waals surface area contributed by atoms with Gasteiger partial charge in [-0.2, -0.15) is 0 Å². The molecule has 1 atom stereocenters. The number of nitrogens with zero attached hydrogens (tertiary/aromatic N) is 1. The molecule has 2 amide bonds. The zero-order valence-corrected chi connectivity index (χ0v) is 11.4. The van der Waals surface area contributed by atoms with Crippen LogP contribution in [0.3, 0.4) is 0 Å². The van der Waals surface area contributed by atoms with Crippen LogP contribution in [0.2, 0.25) is 0 Å². The molecule has 0 radical (unpaired) electrons. The largest absolute Gasteiger partial charge is 0.364 e. The van der Waals surface area contributed by atoms with Gasteiger partial charge in [-0.25, -0.2) is 4.98 Å². The standard InChI is InChI=1S/C16H15N3O2/c17-16(21)14-3-1-2-13(19-14)11-6-4-10(5-7-11)12-8-15(20)18-9-12/h1-7,12H,8-9H2,(H2,17,21)(H,18,20). The van der Waals surface area contributed by atoms with Gasteiger partial charge < -0.3 is 11.1 Å². The number of nitrogens with one attached hydrogen (secondary N) is 1. The van der Waals surface area contributed by atoms with Gasteiger partial charge >= 0.3 is 0 Å². The first kappa shape index (κ1) is 13.3. The van der Waals surface area contributed by atoms with Gasteiger partial charge in [0.15, 0.2) is 0 Å². The third-order valence-corrected chi connectivity index (χ3v) is 3.66. The van der Waals surface area contributed by atoms with E-state index in [1.807, 2.05) is 30.3 Å². The fourth-order valence-corrected chi connectivity index (χ4v) is 2.50. The van der Waals surface area contributed by atoms with Crippen LogP contribution >= 0.6 is 0 Å². The summed E-state index contributed by atoms with van der Waals surface area (Å²) >= 11 is 0. The summed E-state index contributed by atoms with van der Waals surface area (Å²) < 4.78 is 0. The molecule has 21 heavy (non-hydrogen) atoms. The maximum absolute atomic E-state index is 11.3. The minimum atomic E-state index is -0.538. The summed E-state index contributed by atoms with van der Waals surface area (Å²) in [5.41, 5.74) is 8.24. The van der Waals surface area contributed by atoms with E-state index in [-0.39, 0.29) is 17.5 Å². The first-order valence-electron chi connectivity index (χ1n) is 6.77. The van der Waals surface area contributed by atoms with Crippen LogP contribution in [0.15, 0.2) is 42.5 Å². The van der Waals surface area contributed by atoms with Crippen molar-refractivity contribution in [2.24, 2.45) is 5.73 Å². The van der Waals surface area contributed by atoms with E-state index < -0.39 is 5.91 Å². The number of amides is 2. The second kappa shape index (κ2) is 5.36. The molecule has 1 aromatic heterocycles. The van der Waals surface area contributed by atoms with Crippen molar-refractivity contribution in [3.05, 3.63) is 53.7 Å². The molecule has 1 saturated heterocycles. The second-order valence-electron chi connectivity index (χ2n) is 5.10. The topological polar surface area (TPSA) is 85.1 Å². The third-order valence-electron chi connectivity index (χ3n) is 3.66. The predicted octanol–water partition coefficient (Wildman–Crippen LogP) is 1.45. The number of rotatable bonds is 3. The molecule has 1 unspecified atom stereocenters. The van der Waals surface area contributed by atoms with E-state index in [1.54, 1.807) is 12.1 Å². The molecular formula is C16H15N3O2. The number of primary amides is 1. The van der Waals surface area contributed by atoms with Crippen molar-refractivity contribution in [2.75, 3.05) is 6.54 Å². The van der Waals surface area contributed by atoms with Crippen molar-refractivity contribution in [3.63, 3.8) is 0 Å². The zero-order chi connectivity index (χ0) is 14.8. The molecule has 3 rings (SSSR count). The highest BCUT2D eigenvalue weighted by Gasteiger charge is 2.22.